The average molecular weight is 254 g/mol. The van der Waals surface area contributed by atoms with Crippen molar-refractivity contribution in [3.8, 4) is 0 Å². The van der Waals surface area contributed by atoms with E-state index >= 15 is 0 Å². The Bertz CT molecular complexity index is 652. The molecule has 1 heterocycles. The molecule has 1 aromatic heterocycles. The quantitative estimate of drug-likeness (QED) is 0.847. The Kier molecular flexibility index (Phi) is 2.40. The van der Waals surface area contributed by atoms with Crippen LogP contribution in [0.3, 0.4) is 0 Å². The van der Waals surface area contributed by atoms with E-state index in [1.807, 2.05) is 6.07 Å². The largest absolute Gasteiger partial charge is 0.358 e. The number of fused-ring (bicyclic) bond motifs is 3. The van der Waals surface area contributed by atoms with Gasteiger partial charge in [0, 0.05) is 28.2 Å². The molecule has 0 aliphatic heterocycles. The summed E-state index contributed by atoms with van der Waals surface area (Å²) in [5.74, 6) is 0.444. The first-order valence-corrected chi connectivity index (χ1v) is 7.25. The van der Waals surface area contributed by atoms with Crippen LogP contribution in [0.1, 0.15) is 36.9 Å². The number of anilines is 1. The lowest BCUT2D eigenvalue weighted by Gasteiger charge is -2.10. The molecule has 98 valence electrons. The first-order chi connectivity index (χ1) is 9.31. The minimum Gasteiger partial charge on any atom is -0.358 e. The van der Waals surface area contributed by atoms with Crippen molar-refractivity contribution in [2.75, 3.05) is 5.32 Å². The summed E-state index contributed by atoms with van der Waals surface area (Å²) < 4.78 is 0. The van der Waals surface area contributed by atoms with Crippen molar-refractivity contribution in [3.05, 3.63) is 29.5 Å². The van der Waals surface area contributed by atoms with Crippen LogP contribution in [0.2, 0.25) is 0 Å². The zero-order chi connectivity index (χ0) is 12.8. The Balaban J connectivity index is 1.71. The van der Waals surface area contributed by atoms with Crippen LogP contribution in [0.25, 0.3) is 10.9 Å². The predicted molar refractivity (Wildman–Crippen MR) is 76.3 cm³/mol. The first-order valence-electron chi connectivity index (χ1n) is 7.25. The summed E-state index contributed by atoms with van der Waals surface area (Å²) >= 11 is 0. The normalized spacial score (nSPS) is 18.3. The van der Waals surface area contributed by atoms with Crippen LogP contribution < -0.4 is 5.32 Å². The van der Waals surface area contributed by atoms with Crippen molar-refractivity contribution >= 4 is 22.5 Å². The molecule has 3 heteroatoms. The number of aromatic nitrogens is 1. The maximum atomic E-state index is 11.8. The van der Waals surface area contributed by atoms with Gasteiger partial charge in [0.1, 0.15) is 0 Å². The van der Waals surface area contributed by atoms with E-state index in [-0.39, 0.29) is 11.8 Å². The molecule has 2 aromatic rings. The van der Waals surface area contributed by atoms with Crippen molar-refractivity contribution in [3.63, 3.8) is 0 Å². The van der Waals surface area contributed by atoms with E-state index in [0.29, 0.717) is 0 Å². The molecule has 1 aromatic carbocycles. The molecule has 2 aliphatic rings. The van der Waals surface area contributed by atoms with Gasteiger partial charge >= 0.3 is 0 Å². The van der Waals surface area contributed by atoms with Gasteiger partial charge in [0.15, 0.2) is 0 Å². The molecular weight excluding hydrogens is 236 g/mol. The third-order valence-corrected chi connectivity index (χ3v) is 4.31. The summed E-state index contributed by atoms with van der Waals surface area (Å²) in [5, 5.41) is 4.33. The smallest absolute Gasteiger partial charge is 0.227 e. The van der Waals surface area contributed by atoms with Gasteiger partial charge in [-0.1, -0.05) is 0 Å². The van der Waals surface area contributed by atoms with Gasteiger partial charge in [0.25, 0.3) is 0 Å². The highest BCUT2D eigenvalue weighted by atomic mass is 16.2. The van der Waals surface area contributed by atoms with E-state index in [1.54, 1.807) is 0 Å². The number of hydrogen-bond donors (Lipinski definition) is 2. The van der Waals surface area contributed by atoms with Crippen molar-refractivity contribution in [2.45, 2.75) is 38.5 Å². The lowest BCUT2D eigenvalue weighted by atomic mass is 9.95. The number of benzene rings is 1. The molecule has 1 amide bonds. The number of nitrogens with one attached hydrogen (secondary N) is 2. The second-order valence-electron chi connectivity index (χ2n) is 5.81. The number of hydrogen-bond acceptors (Lipinski definition) is 1. The monoisotopic (exact) mass is 254 g/mol. The third-order valence-electron chi connectivity index (χ3n) is 4.31. The van der Waals surface area contributed by atoms with Gasteiger partial charge in [-0.25, -0.2) is 0 Å². The fourth-order valence-corrected chi connectivity index (χ4v) is 3.07. The molecule has 0 radical (unpaired) electrons. The van der Waals surface area contributed by atoms with Gasteiger partial charge in [-0.15, -0.1) is 0 Å². The fraction of sp³-hybridized carbons (Fsp3) is 0.438. The van der Waals surface area contributed by atoms with Crippen molar-refractivity contribution < 1.29 is 4.79 Å². The predicted octanol–water partition coefficient (Wildman–Crippen LogP) is 3.40. The van der Waals surface area contributed by atoms with Crippen LogP contribution in [0.4, 0.5) is 5.69 Å². The summed E-state index contributed by atoms with van der Waals surface area (Å²) in [6.07, 6.45) is 6.98. The summed E-state index contributed by atoms with van der Waals surface area (Å²) in [4.78, 5) is 15.3. The first kappa shape index (κ1) is 11.1. The zero-order valence-electron chi connectivity index (χ0n) is 11.0. The fourth-order valence-electron chi connectivity index (χ4n) is 3.07. The highest BCUT2D eigenvalue weighted by molar-refractivity contribution is 5.97. The molecule has 0 bridgehead atoms. The van der Waals surface area contributed by atoms with Gasteiger partial charge in [0.05, 0.1) is 0 Å². The van der Waals surface area contributed by atoms with Crippen molar-refractivity contribution in [1.82, 2.24) is 4.98 Å². The number of carbonyl (C=O) groups excluding carboxylic acids is 1. The Hall–Kier alpha value is -1.77. The number of aryl methyl sites for hydroxylation is 2. The molecule has 1 fully saturated rings. The Morgan fingerprint density at radius 3 is 2.89 bits per heavy atom. The van der Waals surface area contributed by atoms with Gasteiger partial charge < -0.3 is 10.3 Å². The lowest BCUT2D eigenvalue weighted by molar-refractivity contribution is -0.117. The molecule has 0 atom stereocenters. The maximum Gasteiger partial charge on any atom is 0.227 e. The molecule has 1 saturated carbocycles. The molecule has 19 heavy (non-hydrogen) atoms. The van der Waals surface area contributed by atoms with Gasteiger partial charge in [-0.05, 0) is 62.3 Å². The molecule has 0 saturated heterocycles. The Morgan fingerprint density at radius 1 is 1.21 bits per heavy atom. The molecular formula is C16H18N2O. The highest BCUT2D eigenvalue weighted by Gasteiger charge is 2.29. The molecule has 2 N–H and O–H groups in total. The van der Waals surface area contributed by atoms with Gasteiger partial charge in [0.2, 0.25) is 5.91 Å². The van der Waals surface area contributed by atoms with E-state index in [0.717, 1.165) is 31.4 Å². The van der Waals surface area contributed by atoms with Crippen LogP contribution in [0.5, 0.6) is 0 Å². The number of H-pyrrole nitrogens is 1. The van der Waals surface area contributed by atoms with Crippen molar-refractivity contribution in [2.24, 2.45) is 5.92 Å². The van der Waals surface area contributed by atoms with E-state index in [2.05, 4.69) is 22.4 Å². The topological polar surface area (TPSA) is 44.9 Å². The van der Waals surface area contributed by atoms with Crippen LogP contribution in [-0.2, 0) is 17.6 Å². The van der Waals surface area contributed by atoms with Gasteiger partial charge in [-0.3, -0.25) is 4.79 Å². The second kappa shape index (κ2) is 4.12. The number of amides is 1. The Morgan fingerprint density at radius 2 is 2.05 bits per heavy atom. The van der Waals surface area contributed by atoms with Crippen LogP contribution in [0.15, 0.2) is 18.2 Å². The lowest BCUT2D eigenvalue weighted by Crippen LogP contribution is -2.13. The van der Waals surface area contributed by atoms with Crippen LogP contribution in [0, 0.1) is 5.92 Å². The SMILES string of the molecule is O=C(Nc1ccc2[nH]c3c(c2c1)CCCC3)C1CC1. The highest BCUT2D eigenvalue weighted by Crippen LogP contribution is 2.33. The second-order valence-corrected chi connectivity index (χ2v) is 5.81. The van der Waals surface area contributed by atoms with E-state index < -0.39 is 0 Å². The van der Waals surface area contributed by atoms with Crippen LogP contribution >= 0.6 is 0 Å². The molecule has 2 aliphatic carbocycles. The molecule has 3 nitrogen and oxygen atoms in total. The average Bonchev–Trinajstić information content (AvgIpc) is 3.21. The van der Waals surface area contributed by atoms with Crippen LogP contribution in [-0.4, -0.2) is 10.9 Å². The molecule has 0 unspecified atom stereocenters. The zero-order valence-corrected chi connectivity index (χ0v) is 11.0. The van der Waals surface area contributed by atoms with E-state index in [9.17, 15) is 4.79 Å². The number of aromatic amines is 1. The maximum absolute atomic E-state index is 11.8. The minimum atomic E-state index is 0.184. The standard InChI is InChI=1S/C16H18N2O/c19-16(10-5-6-10)17-11-7-8-15-13(9-11)12-3-1-2-4-14(12)18-15/h7-10,18H,1-6H2,(H,17,19). The summed E-state index contributed by atoms with van der Waals surface area (Å²) in [6.45, 7) is 0. The van der Waals surface area contributed by atoms with E-state index in [4.69, 9.17) is 0 Å². The third kappa shape index (κ3) is 1.93. The molecule has 4 rings (SSSR count). The van der Waals surface area contributed by atoms with E-state index in [1.165, 1.54) is 35.0 Å². The van der Waals surface area contributed by atoms with Gasteiger partial charge in [-0.2, -0.15) is 0 Å². The minimum absolute atomic E-state index is 0.184. The number of rotatable bonds is 2. The number of carbonyl (C=O) groups is 1. The summed E-state index contributed by atoms with van der Waals surface area (Å²) in [7, 11) is 0. The summed E-state index contributed by atoms with van der Waals surface area (Å²) in [6, 6.07) is 6.23. The molecule has 0 spiro atoms. The summed E-state index contributed by atoms with van der Waals surface area (Å²) in [5.41, 5.74) is 5.00. The Labute approximate surface area is 112 Å². The van der Waals surface area contributed by atoms with Crippen molar-refractivity contribution in [1.29, 1.82) is 0 Å².